The minimum absolute atomic E-state index is 0.0869. The van der Waals surface area contributed by atoms with Crippen LogP contribution < -0.4 is 0 Å². The van der Waals surface area contributed by atoms with Gasteiger partial charge < -0.3 is 9.84 Å². The zero-order chi connectivity index (χ0) is 12.3. The molecule has 88 valence electrons. The Morgan fingerprint density at radius 3 is 1.82 bits per heavy atom. The molecule has 17 heavy (non-hydrogen) atoms. The predicted molar refractivity (Wildman–Crippen MR) is 68.1 cm³/mol. The summed E-state index contributed by atoms with van der Waals surface area (Å²) in [6, 6.07) is 15.4. The summed E-state index contributed by atoms with van der Waals surface area (Å²) in [6.07, 6.45) is -0.0869. The zero-order valence-electron chi connectivity index (χ0n) is 10.1. The van der Waals surface area contributed by atoms with Gasteiger partial charge in [0, 0.05) is 7.11 Å². The average Bonchev–Trinajstić information content (AvgIpc) is 2.35. The van der Waals surface area contributed by atoms with Crippen LogP contribution >= 0.6 is 0 Å². The minimum Gasteiger partial charge on any atom is -0.508 e. The molecule has 0 aliphatic carbocycles. The minimum atomic E-state index is -0.0869. The molecular weight excluding hydrogens is 212 g/mol. The maximum Gasteiger partial charge on any atom is 0.115 e. The number of methoxy groups -OCH3 is 1. The van der Waals surface area contributed by atoms with Crippen LogP contribution in [0.3, 0.4) is 0 Å². The standard InChI is InChI=1S/C15H16O2/c1-11-3-5-12(6-4-11)15(17-2)13-7-9-14(16)10-8-13/h3-10,15-16H,1-2H3. The van der Waals surface area contributed by atoms with Gasteiger partial charge in [-0.3, -0.25) is 0 Å². The second-order valence-corrected chi connectivity index (χ2v) is 4.12. The SMILES string of the molecule is COC(c1ccc(C)cc1)c1ccc(O)cc1. The Hall–Kier alpha value is -1.80. The van der Waals surface area contributed by atoms with Crippen LogP contribution in [0.5, 0.6) is 5.75 Å². The third-order valence-corrected chi connectivity index (χ3v) is 2.81. The van der Waals surface area contributed by atoms with E-state index in [1.54, 1.807) is 19.2 Å². The number of hydrogen-bond acceptors (Lipinski definition) is 2. The van der Waals surface area contributed by atoms with Crippen molar-refractivity contribution in [3.8, 4) is 5.75 Å². The second-order valence-electron chi connectivity index (χ2n) is 4.12. The Kier molecular flexibility index (Phi) is 3.45. The molecule has 1 atom stereocenters. The average molecular weight is 228 g/mol. The van der Waals surface area contributed by atoms with E-state index in [9.17, 15) is 5.11 Å². The van der Waals surface area contributed by atoms with E-state index >= 15 is 0 Å². The Morgan fingerprint density at radius 2 is 1.35 bits per heavy atom. The first-order valence-electron chi connectivity index (χ1n) is 5.59. The monoisotopic (exact) mass is 228 g/mol. The van der Waals surface area contributed by atoms with Crippen LogP contribution in [0, 0.1) is 6.92 Å². The van der Waals surface area contributed by atoms with Crippen LogP contribution in [-0.2, 0) is 4.74 Å². The van der Waals surface area contributed by atoms with Crippen LogP contribution in [0.2, 0.25) is 0 Å². The van der Waals surface area contributed by atoms with E-state index in [1.165, 1.54) is 5.56 Å². The van der Waals surface area contributed by atoms with Crippen molar-refractivity contribution in [3.05, 3.63) is 65.2 Å². The third kappa shape index (κ3) is 2.66. The van der Waals surface area contributed by atoms with Gasteiger partial charge in [-0.25, -0.2) is 0 Å². The maximum absolute atomic E-state index is 9.28. The lowest BCUT2D eigenvalue weighted by molar-refractivity contribution is 0.136. The highest BCUT2D eigenvalue weighted by atomic mass is 16.5. The van der Waals surface area contributed by atoms with Gasteiger partial charge in [-0.05, 0) is 30.2 Å². The van der Waals surface area contributed by atoms with E-state index in [0.717, 1.165) is 11.1 Å². The fourth-order valence-corrected chi connectivity index (χ4v) is 1.85. The molecule has 1 unspecified atom stereocenters. The lowest BCUT2D eigenvalue weighted by Crippen LogP contribution is -2.03. The molecule has 2 aromatic carbocycles. The molecule has 1 N–H and O–H groups in total. The van der Waals surface area contributed by atoms with Crippen LogP contribution in [0.25, 0.3) is 0 Å². The molecule has 0 saturated carbocycles. The fourth-order valence-electron chi connectivity index (χ4n) is 1.85. The summed E-state index contributed by atoms with van der Waals surface area (Å²) in [6.45, 7) is 2.06. The van der Waals surface area contributed by atoms with Gasteiger partial charge in [0.15, 0.2) is 0 Å². The van der Waals surface area contributed by atoms with Crippen LogP contribution in [0.4, 0.5) is 0 Å². The first-order chi connectivity index (χ1) is 8.20. The number of benzene rings is 2. The molecule has 2 rings (SSSR count). The van der Waals surface area contributed by atoms with Crippen molar-refractivity contribution in [2.24, 2.45) is 0 Å². The lowest BCUT2D eigenvalue weighted by atomic mass is 10.0. The van der Waals surface area contributed by atoms with Gasteiger partial charge in [-0.15, -0.1) is 0 Å². The Labute approximate surface area is 101 Å². The molecule has 2 aromatic rings. The lowest BCUT2D eigenvalue weighted by Gasteiger charge is -2.16. The number of aromatic hydroxyl groups is 1. The highest BCUT2D eigenvalue weighted by Crippen LogP contribution is 2.26. The molecule has 0 saturated heterocycles. The Balaban J connectivity index is 2.33. The fraction of sp³-hybridized carbons (Fsp3) is 0.200. The van der Waals surface area contributed by atoms with Gasteiger partial charge in [-0.2, -0.15) is 0 Å². The molecule has 0 aromatic heterocycles. The molecular formula is C15H16O2. The van der Waals surface area contributed by atoms with Gasteiger partial charge >= 0.3 is 0 Å². The summed E-state index contributed by atoms with van der Waals surface area (Å²) in [7, 11) is 1.69. The largest absolute Gasteiger partial charge is 0.508 e. The van der Waals surface area contributed by atoms with Gasteiger partial charge in [0.25, 0.3) is 0 Å². The number of ether oxygens (including phenoxy) is 1. The van der Waals surface area contributed by atoms with E-state index in [1.807, 2.05) is 12.1 Å². The summed E-state index contributed by atoms with van der Waals surface area (Å²) in [5, 5.41) is 9.28. The summed E-state index contributed by atoms with van der Waals surface area (Å²) in [5.74, 6) is 0.271. The predicted octanol–water partition coefficient (Wildman–Crippen LogP) is 3.44. The Morgan fingerprint density at radius 1 is 0.882 bits per heavy atom. The van der Waals surface area contributed by atoms with E-state index in [2.05, 4.69) is 31.2 Å². The first kappa shape index (κ1) is 11.7. The molecule has 0 spiro atoms. The number of aryl methyl sites for hydroxylation is 1. The van der Waals surface area contributed by atoms with E-state index in [0.29, 0.717) is 0 Å². The molecule has 2 nitrogen and oxygen atoms in total. The number of hydrogen-bond donors (Lipinski definition) is 1. The van der Waals surface area contributed by atoms with Crippen molar-refractivity contribution >= 4 is 0 Å². The van der Waals surface area contributed by atoms with Gasteiger partial charge in [-0.1, -0.05) is 42.0 Å². The molecule has 0 amide bonds. The van der Waals surface area contributed by atoms with Crippen molar-refractivity contribution in [2.45, 2.75) is 13.0 Å². The third-order valence-electron chi connectivity index (χ3n) is 2.81. The number of phenols is 1. The molecule has 0 bridgehead atoms. The van der Waals surface area contributed by atoms with Gasteiger partial charge in [0.2, 0.25) is 0 Å². The molecule has 0 aliphatic rings. The van der Waals surface area contributed by atoms with Gasteiger partial charge in [0.05, 0.1) is 0 Å². The summed E-state index contributed by atoms with van der Waals surface area (Å²) in [4.78, 5) is 0. The van der Waals surface area contributed by atoms with E-state index in [4.69, 9.17) is 4.74 Å². The van der Waals surface area contributed by atoms with E-state index in [-0.39, 0.29) is 11.9 Å². The summed E-state index contributed by atoms with van der Waals surface area (Å²) < 4.78 is 5.52. The second kappa shape index (κ2) is 5.02. The normalized spacial score (nSPS) is 12.4. The summed E-state index contributed by atoms with van der Waals surface area (Å²) in [5.41, 5.74) is 3.38. The smallest absolute Gasteiger partial charge is 0.115 e. The van der Waals surface area contributed by atoms with E-state index < -0.39 is 0 Å². The summed E-state index contributed by atoms with van der Waals surface area (Å²) >= 11 is 0. The highest BCUT2D eigenvalue weighted by Gasteiger charge is 2.12. The zero-order valence-corrected chi connectivity index (χ0v) is 10.1. The van der Waals surface area contributed by atoms with Crippen molar-refractivity contribution in [1.82, 2.24) is 0 Å². The van der Waals surface area contributed by atoms with Gasteiger partial charge in [0.1, 0.15) is 11.9 Å². The van der Waals surface area contributed by atoms with Crippen molar-refractivity contribution in [2.75, 3.05) is 7.11 Å². The quantitative estimate of drug-likeness (QED) is 0.872. The van der Waals surface area contributed by atoms with Crippen molar-refractivity contribution in [3.63, 3.8) is 0 Å². The number of rotatable bonds is 3. The Bertz CT molecular complexity index is 426. The molecule has 2 heteroatoms. The molecule has 0 aliphatic heterocycles. The van der Waals surface area contributed by atoms with Crippen LogP contribution in [0.1, 0.15) is 22.8 Å². The molecule has 0 radical (unpaired) electrons. The van der Waals surface area contributed by atoms with Crippen LogP contribution in [-0.4, -0.2) is 12.2 Å². The first-order valence-corrected chi connectivity index (χ1v) is 5.59. The van der Waals surface area contributed by atoms with Crippen molar-refractivity contribution < 1.29 is 9.84 Å². The van der Waals surface area contributed by atoms with Crippen molar-refractivity contribution in [1.29, 1.82) is 0 Å². The van der Waals surface area contributed by atoms with Crippen LogP contribution in [0.15, 0.2) is 48.5 Å². The highest BCUT2D eigenvalue weighted by molar-refractivity contribution is 5.34. The number of phenolic OH excluding ortho intramolecular Hbond substituents is 1. The maximum atomic E-state index is 9.28. The topological polar surface area (TPSA) is 29.5 Å². The molecule has 0 heterocycles. The molecule has 0 fully saturated rings.